The first kappa shape index (κ1) is 13.6. The quantitative estimate of drug-likeness (QED) is 0.392. The summed E-state index contributed by atoms with van der Waals surface area (Å²) in [4.78, 5) is 21.3. The summed E-state index contributed by atoms with van der Waals surface area (Å²) in [5.74, 6) is -1.32. The standard InChI is InChI=1S/C10H10BrFN2O3/c11-2-1-3-13-10(15)7-4-8(12)6-9(5-7)14(16)17/h4-6H,1-3H2,(H,13,15). The lowest BCUT2D eigenvalue weighted by molar-refractivity contribution is -0.385. The molecule has 1 N–H and O–H groups in total. The minimum Gasteiger partial charge on any atom is -0.352 e. The lowest BCUT2D eigenvalue weighted by Gasteiger charge is -2.04. The number of amides is 1. The third-order valence-corrected chi connectivity index (χ3v) is 2.51. The van der Waals surface area contributed by atoms with Crippen molar-refractivity contribution in [2.45, 2.75) is 6.42 Å². The Balaban J connectivity index is 2.82. The fraction of sp³-hybridized carbons (Fsp3) is 0.300. The molecule has 0 spiro atoms. The molecule has 0 unspecified atom stereocenters. The summed E-state index contributed by atoms with van der Waals surface area (Å²) >= 11 is 3.20. The lowest BCUT2D eigenvalue weighted by atomic mass is 10.2. The molecule has 0 bridgehead atoms. The maximum absolute atomic E-state index is 13.0. The molecule has 17 heavy (non-hydrogen) atoms. The number of non-ortho nitro benzene ring substituents is 1. The number of carbonyl (C=O) groups excluding carboxylic acids is 1. The smallest absolute Gasteiger partial charge is 0.273 e. The zero-order valence-corrected chi connectivity index (χ0v) is 10.4. The van der Waals surface area contributed by atoms with E-state index in [-0.39, 0.29) is 5.56 Å². The number of nitrogens with one attached hydrogen (secondary N) is 1. The molecule has 0 aliphatic carbocycles. The van der Waals surface area contributed by atoms with Gasteiger partial charge in [0.2, 0.25) is 0 Å². The third-order valence-electron chi connectivity index (χ3n) is 1.95. The highest BCUT2D eigenvalue weighted by Crippen LogP contribution is 2.16. The van der Waals surface area contributed by atoms with E-state index in [0.717, 1.165) is 30.0 Å². The fourth-order valence-electron chi connectivity index (χ4n) is 1.18. The Morgan fingerprint density at radius 3 is 2.76 bits per heavy atom. The van der Waals surface area contributed by atoms with Gasteiger partial charge in [-0.2, -0.15) is 0 Å². The molecule has 5 nitrogen and oxygen atoms in total. The minimum absolute atomic E-state index is 0.0497. The Bertz CT molecular complexity index is 440. The third kappa shape index (κ3) is 4.10. The molecule has 0 saturated carbocycles. The van der Waals surface area contributed by atoms with Gasteiger partial charge in [-0.05, 0) is 12.5 Å². The Morgan fingerprint density at radius 1 is 1.47 bits per heavy atom. The van der Waals surface area contributed by atoms with Gasteiger partial charge in [-0.15, -0.1) is 0 Å². The number of alkyl halides is 1. The first-order valence-corrected chi connectivity index (χ1v) is 5.96. The van der Waals surface area contributed by atoms with E-state index in [4.69, 9.17) is 0 Å². The van der Waals surface area contributed by atoms with Crippen molar-refractivity contribution in [2.24, 2.45) is 0 Å². The van der Waals surface area contributed by atoms with E-state index in [1.165, 1.54) is 0 Å². The highest BCUT2D eigenvalue weighted by atomic mass is 79.9. The van der Waals surface area contributed by atoms with Gasteiger partial charge in [-0.25, -0.2) is 4.39 Å². The number of nitrogens with zero attached hydrogens (tertiary/aromatic N) is 1. The van der Waals surface area contributed by atoms with Crippen LogP contribution in [0.5, 0.6) is 0 Å². The van der Waals surface area contributed by atoms with Crippen LogP contribution >= 0.6 is 15.9 Å². The highest BCUT2D eigenvalue weighted by Gasteiger charge is 2.14. The summed E-state index contributed by atoms with van der Waals surface area (Å²) in [6.07, 6.45) is 0.725. The maximum Gasteiger partial charge on any atom is 0.273 e. The fourth-order valence-corrected chi connectivity index (χ4v) is 1.46. The van der Waals surface area contributed by atoms with Crippen molar-refractivity contribution in [2.75, 3.05) is 11.9 Å². The molecule has 0 aliphatic heterocycles. The number of rotatable bonds is 5. The van der Waals surface area contributed by atoms with Crippen LogP contribution in [0, 0.1) is 15.9 Å². The molecule has 0 aliphatic rings. The number of benzene rings is 1. The van der Waals surface area contributed by atoms with Crippen LogP contribution in [0.3, 0.4) is 0 Å². The molecule has 0 atom stereocenters. The minimum atomic E-state index is -0.801. The van der Waals surface area contributed by atoms with Gasteiger partial charge in [0.15, 0.2) is 0 Å². The molecule has 0 radical (unpaired) electrons. The Hall–Kier alpha value is -1.50. The van der Waals surface area contributed by atoms with E-state index < -0.39 is 22.3 Å². The Morgan fingerprint density at radius 2 is 2.18 bits per heavy atom. The van der Waals surface area contributed by atoms with Crippen molar-refractivity contribution < 1.29 is 14.1 Å². The number of carbonyl (C=O) groups is 1. The van der Waals surface area contributed by atoms with Crippen LogP contribution < -0.4 is 5.32 Å². The van der Waals surface area contributed by atoms with Crippen LogP contribution in [0.2, 0.25) is 0 Å². The summed E-state index contributed by atoms with van der Waals surface area (Å²) in [6.45, 7) is 0.425. The average Bonchev–Trinajstić information content (AvgIpc) is 2.28. The van der Waals surface area contributed by atoms with E-state index in [9.17, 15) is 19.3 Å². The second-order valence-electron chi connectivity index (χ2n) is 3.25. The molecule has 0 heterocycles. The van der Waals surface area contributed by atoms with E-state index in [1.807, 2.05) is 0 Å². The van der Waals surface area contributed by atoms with Crippen molar-refractivity contribution in [3.05, 3.63) is 39.7 Å². The zero-order valence-electron chi connectivity index (χ0n) is 8.78. The molecular weight excluding hydrogens is 295 g/mol. The normalized spacial score (nSPS) is 10.0. The van der Waals surface area contributed by atoms with E-state index in [2.05, 4.69) is 21.2 Å². The zero-order chi connectivity index (χ0) is 12.8. The predicted molar refractivity (Wildman–Crippen MR) is 63.8 cm³/mol. The largest absolute Gasteiger partial charge is 0.352 e. The molecule has 0 aromatic heterocycles. The number of hydrogen-bond acceptors (Lipinski definition) is 3. The molecule has 0 fully saturated rings. The molecule has 7 heteroatoms. The van der Waals surface area contributed by atoms with Crippen molar-refractivity contribution in [1.82, 2.24) is 5.32 Å². The van der Waals surface area contributed by atoms with E-state index in [0.29, 0.717) is 6.54 Å². The van der Waals surface area contributed by atoms with Crippen LogP contribution in [-0.4, -0.2) is 22.7 Å². The lowest BCUT2D eigenvalue weighted by Crippen LogP contribution is -2.24. The second kappa shape index (κ2) is 6.29. The molecule has 1 amide bonds. The number of nitro groups is 1. The van der Waals surface area contributed by atoms with Gasteiger partial charge in [-0.1, -0.05) is 15.9 Å². The van der Waals surface area contributed by atoms with Crippen molar-refractivity contribution >= 4 is 27.5 Å². The molecule has 0 saturated heterocycles. The maximum atomic E-state index is 13.0. The van der Waals surface area contributed by atoms with Crippen molar-refractivity contribution in [3.8, 4) is 0 Å². The van der Waals surface area contributed by atoms with Gasteiger partial charge < -0.3 is 5.32 Å². The van der Waals surface area contributed by atoms with Crippen LogP contribution in [-0.2, 0) is 0 Å². The van der Waals surface area contributed by atoms with Crippen LogP contribution in [0.15, 0.2) is 18.2 Å². The number of nitro benzene ring substituents is 1. The first-order chi connectivity index (χ1) is 8.04. The van der Waals surface area contributed by atoms with Crippen molar-refractivity contribution in [1.29, 1.82) is 0 Å². The van der Waals surface area contributed by atoms with Gasteiger partial charge in [0.25, 0.3) is 11.6 Å². The first-order valence-electron chi connectivity index (χ1n) is 4.83. The van der Waals surface area contributed by atoms with Crippen molar-refractivity contribution in [3.63, 3.8) is 0 Å². The molecular formula is C10H10BrFN2O3. The Kier molecular flexibility index (Phi) is 5.02. The van der Waals surface area contributed by atoms with Crippen LogP contribution in [0.1, 0.15) is 16.8 Å². The van der Waals surface area contributed by atoms with Gasteiger partial charge in [0, 0.05) is 23.5 Å². The monoisotopic (exact) mass is 304 g/mol. The van der Waals surface area contributed by atoms with Gasteiger partial charge in [-0.3, -0.25) is 14.9 Å². The van der Waals surface area contributed by atoms with Crippen LogP contribution in [0.4, 0.5) is 10.1 Å². The number of halogens is 2. The van der Waals surface area contributed by atoms with Gasteiger partial charge in [0.05, 0.1) is 11.0 Å². The highest BCUT2D eigenvalue weighted by molar-refractivity contribution is 9.09. The average molecular weight is 305 g/mol. The molecule has 92 valence electrons. The van der Waals surface area contributed by atoms with E-state index in [1.54, 1.807) is 0 Å². The second-order valence-corrected chi connectivity index (χ2v) is 4.05. The van der Waals surface area contributed by atoms with Gasteiger partial charge in [0.1, 0.15) is 5.82 Å². The van der Waals surface area contributed by atoms with Gasteiger partial charge >= 0.3 is 0 Å². The summed E-state index contributed by atoms with van der Waals surface area (Å²) in [6, 6.07) is 2.79. The Labute approximate surface area is 105 Å². The summed E-state index contributed by atoms with van der Waals surface area (Å²) in [5.41, 5.74) is -0.484. The van der Waals surface area contributed by atoms with E-state index >= 15 is 0 Å². The van der Waals surface area contributed by atoms with Crippen LogP contribution in [0.25, 0.3) is 0 Å². The SMILES string of the molecule is O=C(NCCCBr)c1cc(F)cc([N+](=O)[O-])c1. The summed E-state index contributed by atoms with van der Waals surface area (Å²) in [5, 5.41) is 13.8. The summed E-state index contributed by atoms with van der Waals surface area (Å²) in [7, 11) is 0. The topological polar surface area (TPSA) is 72.2 Å². The number of hydrogen-bond donors (Lipinski definition) is 1. The predicted octanol–water partition coefficient (Wildman–Crippen LogP) is 2.25. The molecule has 1 aromatic carbocycles. The summed E-state index contributed by atoms with van der Waals surface area (Å²) < 4.78 is 13.0. The molecule has 1 aromatic rings. The molecule has 1 rings (SSSR count).